The van der Waals surface area contributed by atoms with Crippen LogP contribution in [0.2, 0.25) is 0 Å². The lowest BCUT2D eigenvalue weighted by Gasteiger charge is -2.37. The minimum Gasteiger partial charge on any atom is -0.378 e. The number of sulfonamides is 1. The molecule has 31 heavy (non-hydrogen) atoms. The minimum absolute atomic E-state index is 0.161. The highest BCUT2D eigenvalue weighted by Crippen LogP contribution is 2.50. The Morgan fingerprint density at radius 2 is 1.97 bits per heavy atom. The molecule has 3 unspecified atom stereocenters. The zero-order valence-corrected chi connectivity index (χ0v) is 17.8. The number of rotatable bonds is 3. The van der Waals surface area contributed by atoms with Crippen LogP contribution in [0.5, 0.6) is 0 Å². The summed E-state index contributed by atoms with van der Waals surface area (Å²) in [7, 11) is -3.61. The zero-order chi connectivity index (χ0) is 21.0. The summed E-state index contributed by atoms with van der Waals surface area (Å²) in [6.45, 7) is 0.492. The summed E-state index contributed by atoms with van der Waals surface area (Å²) >= 11 is 0. The average Bonchev–Trinajstić information content (AvgIpc) is 3.47. The molecule has 0 bridgehead atoms. The van der Waals surface area contributed by atoms with Crippen LogP contribution >= 0.6 is 0 Å². The molecule has 1 aliphatic carbocycles. The maximum absolute atomic E-state index is 13.5. The molecule has 5 nitrogen and oxygen atoms in total. The normalized spacial score (nSPS) is 23.7. The summed E-state index contributed by atoms with van der Waals surface area (Å²) in [6.07, 6.45) is 9.87. The predicted octanol–water partition coefficient (Wildman–Crippen LogP) is 4.66. The summed E-state index contributed by atoms with van der Waals surface area (Å²) in [5.41, 5.74) is 5.12. The number of hydrogen-bond donors (Lipinski definition) is 1. The zero-order valence-electron chi connectivity index (χ0n) is 17.0. The van der Waals surface area contributed by atoms with Gasteiger partial charge in [-0.3, -0.25) is 9.29 Å². The van der Waals surface area contributed by atoms with Crippen molar-refractivity contribution in [3.05, 3.63) is 95.8 Å². The molecule has 6 rings (SSSR count). The first-order chi connectivity index (χ1) is 15.1. The number of fused-ring (bicyclic) bond motifs is 4. The van der Waals surface area contributed by atoms with E-state index in [1.165, 1.54) is 0 Å². The van der Waals surface area contributed by atoms with Crippen LogP contribution in [0.25, 0.3) is 0 Å². The van der Waals surface area contributed by atoms with E-state index in [4.69, 9.17) is 0 Å². The van der Waals surface area contributed by atoms with Gasteiger partial charge in [0.1, 0.15) is 0 Å². The second kappa shape index (κ2) is 6.95. The summed E-state index contributed by atoms with van der Waals surface area (Å²) in [4.78, 5) is 4.66. The van der Waals surface area contributed by atoms with Crippen molar-refractivity contribution in [2.45, 2.75) is 29.7 Å². The number of benzene rings is 2. The maximum Gasteiger partial charge on any atom is 0.264 e. The summed E-state index contributed by atoms with van der Waals surface area (Å²) in [6, 6.07) is 17.5. The maximum atomic E-state index is 13.5. The van der Waals surface area contributed by atoms with Gasteiger partial charge < -0.3 is 5.32 Å². The van der Waals surface area contributed by atoms with E-state index in [0.717, 1.165) is 40.9 Å². The Bertz CT molecular complexity index is 1290. The van der Waals surface area contributed by atoms with Crippen LogP contribution in [0.1, 0.15) is 35.1 Å². The molecule has 2 aromatic carbocycles. The Balaban J connectivity index is 1.40. The molecule has 0 spiro atoms. The Hall–Kier alpha value is -3.12. The van der Waals surface area contributed by atoms with E-state index in [-0.39, 0.29) is 12.0 Å². The first-order valence-corrected chi connectivity index (χ1v) is 12.1. The predicted molar refractivity (Wildman–Crippen MR) is 122 cm³/mol. The topological polar surface area (TPSA) is 62.3 Å². The van der Waals surface area contributed by atoms with Crippen molar-refractivity contribution >= 4 is 21.4 Å². The van der Waals surface area contributed by atoms with E-state index < -0.39 is 10.0 Å². The van der Waals surface area contributed by atoms with Crippen molar-refractivity contribution in [1.82, 2.24) is 4.98 Å². The molecule has 0 radical (unpaired) electrons. The van der Waals surface area contributed by atoms with Crippen molar-refractivity contribution < 1.29 is 8.42 Å². The summed E-state index contributed by atoms with van der Waals surface area (Å²) < 4.78 is 28.6. The number of para-hydroxylation sites is 1. The third-order valence-corrected chi connectivity index (χ3v) is 8.62. The number of aromatic nitrogens is 1. The Labute approximate surface area is 182 Å². The Morgan fingerprint density at radius 1 is 1.06 bits per heavy atom. The number of hydrogen-bond acceptors (Lipinski definition) is 4. The van der Waals surface area contributed by atoms with Gasteiger partial charge in [0.05, 0.1) is 16.6 Å². The number of pyridine rings is 1. The quantitative estimate of drug-likeness (QED) is 0.615. The van der Waals surface area contributed by atoms with Crippen LogP contribution in [0.3, 0.4) is 0 Å². The number of anilines is 2. The molecule has 3 atom stereocenters. The summed E-state index contributed by atoms with van der Waals surface area (Å²) in [5.74, 6) is 0.546. The SMILES string of the molecule is O=S(=O)(c1ccc2c(c1)C1C=CCC1C(c1cccnc1)N2)N1CCc2ccccc21. The molecule has 3 aromatic rings. The molecular weight excluding hydrogens is 406 g/mol. The lowest BCUT2D eigenvalue weighted by atomic mass is 9.77. The molecule has 1 aromatic heterocycles. The van der Waals surface area contributed by atoms with E-state index in [9.17, 15) is 8.42 Å². The molecule has 2 aliphatic heterocycles. The van der Waals surface area contributed by atoms with Crippen LogP contribution in [0.4, 0.5) is 11.4 Å². The smallest absolute Gasteiger partial charge is 0.264 e. The highest BCUT2D eigenvalue weighted by atomic mass is 32.2. The largest absolute Gasteiger partial charge is 0.378 e. The van der Waals surface area contributed by atoms with E-state index in [0.29, 0.717) is 17.4 Å². The molecule has 1 N–H and O–H groups in total. The monoisotopic (exact) mass is 429 g/mol. The fraction of sp³-hybridized carbons (Fsp3) is 0.240. The Kier molecular flexibility index (Phi) is 4.18. The van der Waals surface area contributed by atoms with Gasteiger partial charge in [-0.2, -0.15) is 0 Å². The first kappa shape index (κ1) is 18.6. The van der Waals surface area contributed by atoms with Gasteiger partial charge >= 0.3 is 0 Å². The van der Waals surface area contributed by atoms with Crippen molar-refractivity contribution in [2.24, 2.45) is 5.92 Å². The second-order valence-corrected chi connectivity index (χ2v) is 10.3. The van der Waals surface area contributed by atoms with E-state index >= 15 is 0 Å². The van der Waals surface area contributed by atoms with Gasteiger partial charge in [0.2, 0.25) is 0 Å². The van der Waals surface area contributed by atoms with Gasteiger partial charge in [-0.1, -0.05) is 36.4 Å². The van der Waals surface area contributed by atoms with Crippen LogP contribution < -0.4 is 9.62 Å². The molecule has 0 fully saturated rings. The molecule has 3 aliphatic rings. The van der Waals surface area contributed by atoms with E-state index in [1.807, 2.05) is 48.7 Å². The molecule has 156 valence electrons. The highest BCUT2D eigenvalue weighted by Gasteiger charge is 2.39. The van der Waals surface area contributed by atoms with Crippen molar-refractivity contribution in [3.63, 3.8) is 0 Å². The fourth-order valence-corrected chi connectivity index (χ4v) is 6.85. The summed E-state index contributed by atoms with van der Waals surface area (Å²) in [5, 5.41) is 3.66. The standard InChI is InChI=1S/C25H23N3O2S/c29-31(30,28-14-12-17-5-1-2-9-24(17)28)19-10-11-23-22(15-19)20-7-3-8-21(20)25(27-23)18-6-4-13-26-16-18/h1-7,9-11,13,15-16,20-21,25,27H,8,12,14H2. The molecule has 0 saturated carbocycles. The van der Waals surface area contributed by atoms with Crippen LogP contribution in [0, 0.1) is 5.92 Å². The lowest BCUT2D eigenvalue weighted by Crippen LogP contribution is -2.31. The number of nitrogens with one attached hydrogen (secondary N) is 1. The molecule has 6 heteroatoms. The fourth-order valence-electron chi connectivity index (χ4n) is 5.31. The molecule has 3 heterocycles. The van der Waals surface area contributed by atoms with Crippen molar-refractivity contribution in [3.8, 4) is 0 Å². The number of allylic oxidation sites excluding steroid dienone is 2. The minimum atomic E-state index is -3.61. The van der Waals surface area contributed by atoms with E-state index in [2.05, 4.69) is 28.5 Å². The van der Waals surface area contributed by atoms with Gasteiger partial charge in [0.25, 0.3) is 10.0 Å². The molecule has 0 saturated heterocycles. The molecular formula is C25H23N3O2S. The van der Waals surface area contributed by atoms with Crippen LogP contribution in [-0.4, -0.2) is 19.9 Å². The lowest BCUT2D eigenvalue weighted by molar-refractivity contribution is 0.424. The van der Waals surface area contributed by atoms with E-state index in [1.54, 1.807) is 16.6 Å². The van der Waals surface area contributed by atoms with Gasteiger partial charge in [-0.15, -0.1) is 0 Å². The van der Waals surface area contributed by atoms with Crippen molar-refractivity contribution in [1.29, 1.82) is 0 Å². The average molecular weight is 430 g/mol. The van der Waals surface area contributed by atoms with Crippen LogP contribution in [-0.2, 0) is 16.4 Å². The Morgan fingerprint density at radius 3 is 2.84 bits per heavy atom. The number of nitrogens with zero attached hydrogens (tertiary/aromatic N) is 2. The van der Waals surface area contributed by atoms with Gasteiger partial charge in [0.15, 0.2) is 0 Å². The van der Waals surface area contributed by atoms with Gasteiger partial charge in [-0.05, 0) is 65.8 Å². The molecule has 0 amide bonds. The highest BCUT2D eigenvalue weighted by molar-refractivity contribution is 7.92. The third kappa shape index (κ3) is 2.89. The second-order valence-electron chi connectivity index (χ2n) is 8.47. The van der Waals surface area contributed by atoms with Crippen LogP contribution in [0.15, 0.2) is 84.0 Å². The third-order valence-electron chi connectivity index (χ3n) is 6.81. The first-order valence-electron chi connectivity index (χ1n) is 10.7. The van der Waals surface area contributed by atoms with Gasteiger partial charge in [0, 0.05) is 30.5 Å². The van der Waals surface area contributed by atoms with Crippen molar-refractivity contribution in [2.75, 3.05) is 16.2 Å². The van der Waals surface area contributed by atoms with Gasteiger partial charge in [-0.25, -0.2) is 8.42 Å².